The molecule has 4 fully saturated rings. The van der Waals surface area contributed by atoms with E-state index in [9.17, 15) is 9.90 Å². The number of aliphatic hydroxyl groups is 1. The molecule has 0 spiro atoms. The minimum absolute atomic E-state index is 0.0227. The van der Waals surface area contributed by atoms with Gasteiger partial charge in [-0.05, 0) is 81.1 Å². The van der Waals surface area contributed by atoms with Gasteiger partial charge in [-0.25, -0.2) is 0 Å². The highest BCUT2D eigenvalue weighted by Gasteiger charge is 2.60. The number of aliphatic hydroxyl groups excluding tert-OH is 1. The second-order valence-corrected chi connectivity index (χ2v) is 9.48. The number of fused-ring (bicyclic) bond motifs is 5. The van der Waals surface area contributed by atoms with Crippen LogP contribution in [0.15, 0.2) is 0 Å². The molecule has 4 rings (SSSR count). The Morgan fingerprint density at radius 3 is 2.65 bits per heavy atom. The van der Waals surface area contributed by atoms with Crippen molar-refractivity contribution in [1.82, 2.24) is 5.32 Å². The van der Waals surface area contributed by atoms with Crippen LogP contribution in [0, 0.1) is 34.5 Å². The number of hydrogen-bond acceptors (Lipinski definition) is 3. The summed E-state index contributed by atoms with van der Waals surface area (Å²) in [7, 11) is 1.98. The van der Waals surface area contributed by atoms with Crippen LogP contribution in [0.5, 0.6) is 0 Å². The first-order valence-electron chi connectivity index (χ1n) is 9.79. The summed E-state index contributed by atoms with van der Waals surface area (Å²) in [5.74, 6) is 3.33. The SMILES string of the molecule is CN[C@@H]1C[C@@H]2CC[C@@H]3[C@H](CC[C@]4(C)C(=O)CC[C@@H]34)[C@@]2(C)C[C@@H]1O. The van der Waals surface area contributed by atoms with Crippen LogP contribution in [0.3, 0.4) is 0 Å². The van der Waals surface area contributed by atoms with Gasteiger partial charge < -0.3 is 10.4 Å². The zero-order valence-corrected chi connectivity index (χ0v) is 15.0. The van der Waals surface area contributed by atoms with Gasteiger partial charge in [0.2, 0.25) is 0 Å². The Kier molecular flexibility index (Phi) is 3.70. The van der Waals surface area contributed by atoms with Crippen molar-refractivity contribution in [2.45, 2.75) is 77.4 Å². The lowest BCUT2D eigenvalue weighted by molar-refractivity contribution is -0.146. The Morgan fingerprint density at radius 2 is 1.91 bits per heavy atom. The fraction of sp³-hybridized carbons (Fsp3) is 0.950. The fourth-order valence-electron chi connectivity index (χ4n) is 7.38. The summed E-state index contributed by atoms with van der Waals surface area (Å²) in [6, 6.07) is 0.270. The minimum atomic E-state index is -0.210. The molecule has 0 radical (unpaired) electrons. The van der Waals surface area contributed by atoms with Crippen LogP contribution in [0.4, 0.5) is 0 Å². The normalized spacial score (nSPS) is 55.9. The first kappa shape index (κ1) is 16.1. The smallest absolute Gasteiger partial charge is 0.139 e. The van der Waals surface area contributed by atoms with Crippen LogP contribution in [0.2, 0.25) is 0 Å². The lowest BCUT2D eigenvalue weighted by Gasteiger charge is -2.61. The molecule has 0 aromatic rings. The van der Waals surface area contributed by atoms with E-state index in [-0.39, 0.29) is 23.0 Å². The number of Topliss-reactive ketones (excluding diaryl/α,β-unsaturated/α-hetero) is 1. The minimum Gasteiger partial charge on any atom is -0.391 e. The summed E-state index contributed by atoms with van der Waals surface area (Å²) in [6.45, 7) is 4.72. The van der Waals surface area contributed by atoms with Crippen LogP contribution in [-0.4, -0.2) is 30.1 Å². The number of carbonyl (C=O) groups is 1. The maximum absolute atomic E-state index is 12.5. The fourth-order valence-corrected chi connectivity index (χ4v) is 7.38. The molecule has 3 heteroatoms. The molecule has 4 aliphatic rings. The van der Waals surface area contributed by atoms with Crippen molar-refractivity contribution in [1.29, 1.82) is 0 Å². The van der Waals surface area contributed by atoms with Gasteiger partial charge in [0, 0.05) is 17.9 Å². The maximum atomic E-state index is 12.5. The van der Waals surface area contributed by atoms with Crippen molar-refractivity contribution in [3.05, 3.63) is 0 Å². The maximum Gasteiger partial charge on any atom is 0.139 e. The van der Waals surface area contributed by atoms with Crippen molar-refractivity contribution in [2.24, 2.45) is 34.5 Å². The zero-order valence-electron chi connectivity index (χ0n) is 15.0. The Bertz CT molecular complexity index is 506. The van der Waals surface area contributed by atoms with Crippen molar-refractivity contribution in [3.8, 4) is 0 Å². The van der Waals surface area contributed by atoms with Crippen molar-refractivity contribution >= 4 is 5.78 Å². The number of hydrogen-bond donors (Lipinski definition) is 2. The standard InChI is InChI=1S/C20H33NO2/c1-19-9-8-15-13(14(19)6-7-18(19)23)5-4-12-10-16(21-3)17(22)11-20(12,15)2/h12-17,21-22H,4-11H2,1-3H3/t12-,13-,14-,15-,16+,17-,19-,20-/m0/s1. The van der Waals surface area contributed by atoms with E-state index in [1.54, 1.807) is 0 Å². The van der Waals surface area contributed by atoms with Gasteiger partial charge in [-0.1, -0.05) is 13.8 Å². The van der Waals surface area contributed by atoms with E-state index in [0.717, 1.165) is 49.9 Å². The highest BCUT2D eigenvalue weighted by Crippen LogP contribution is 2.65. The van der Waals surface area contributed by atoms with Crippen LogP contribution in [0.1, 0.15) is 65.2 Å². The number of nitrogens with one attached hydrogen (secondary N) is 1. The third-order valence-electron chi connectivity index (χ3n) is 8.80. The molecule has 0 aromatic carbocycles. The zero-order chi connectivity index (χ0) is 16.4. The molecule has 0 aliphatic heterocycles. The van der Waals surface area contributed by atoms with Gasteiger partial charge in [0.15, 0.2) is 0 Å². The number of rotatable bonds is 1. The summed E-state index contributed by atoms with van der Waals surface area (Å²) in [5.41, 5.74) is 0.258. The van der Waals surface area contributed by atoms with Crippen molar-refractivity contribution in [2.75, 3.05) is 7.05 Å². The van der Waals surface area contributed by atoms with Gasteiger partial charge in [-0.3, -0.25) is 4.79 Å². The molecule has 0 heterocycles. The summed E-state index contributed by atoms with van der Waals surface area (Å²) in [5, 5.41) is 14.0. The Labute approximate surface area is 140 Å². The first-order chi connectivity index (χ1) is 10.9. The van der Waals surface area contributed by atoms with Gasteiger partial charge in [0.05, 0.1) is 6.10 Å². The van der Waals surface area contributed by atoms with Crippen LogP contribution in [0.25, 0.3) is 0 Å². The van der Waals surface area contributed by atoms with E-state index in [4.69, 9.17) is 0 Å². The van der Waals surface area contributed by atoms with Gasteiger partial charge in [0.25, 0.3) is 0 Å². The molecule has 0 bridgehead atoms. The van der Waals surface area contributed by atoms with Crippen LogP contribution >= 0.6 is 0 Å². The molecule has 8 atom stereocenters. The average molecular weight is 319 g/mol. The summed E-state index contributed by atoms with van der Waals surface area (Å²) < 4.78 is 0. The van der Waals surface area contributed by atoms with E-state index in [2.05, 4.69) is 19.2 Å². The predicted octanol–water partition coefficient (Wildman–Crippen LogP) is 3.16. The number of ketones is 1. The summed E-state index contributed by atoms with van der Waals surface area (Å²) in [6.07, 6.45) is 8.69. The van der Waals surface area contributed by atoms with E-state index in [0.29, 0.717) is 11.7 Å². The van der Waals surface area contributed by atoms with Gasteiger partial charge in [0.1, 0.15) is 5.78 Å². The lowest BCUT2D eigenvalue weighted by atomic mass is 9.45. The van der Waals surface area contributed by atoms with Gasteiger partial charge in [-0.2, -0.15) is 0 Å². The van der Waals surface area contributed by atoms with Crippen molar-refractivity contribution in [3.63, 3.8) is 0 Å². The largest absolute Gasteiger partial charge is 0.391 e. The van der Waals surface area contributed by atoms with Gasteiger partial charge >= 0.3 is 0 Å². The van der Waals surface area contributed by atoms with E-state index in [1.807, 2.05) is 7.05 Å². The lowest BCUT2D eigenvalue weighted by Crippen LogP contribution is -2.58. The molecule has 23 heavy (non-hydrogen) atoms. The van der Waals surface area contributed by atoms with Gasteiger partial charge in [-0.15, -0.1) is 0 Å². The van der Waals surface area contributed by atoms with Crippen LogP contribution < -0.4 is 5.32 Å². The Morgan fingerprint density at radius 1 is 1.13 bits per heavy atom. The van der Waals surface area contributed by atoms with E-state index >= 15 is 0 Å². The monoisotopic (exact) mass is 319 g/mol. The molecule has 2 N–H and O–H groups in total. The van der Waals surface area contributed by atoms with E-state index in [1.165, 1.54) is 19.3 Å². The average Bonchev–Trinajstić information content (AvgIpc) is 2.82. The molecule has 3 nitrogen and oxygen atoms in total. The molecule has 4 aliphatic carbocycles. The molecule has 4 saturated carbocycles. The third-order valence-corrected chi connectivity index (χ3v) is 8.80. The molecule has 0 amide bonds. The number of likely N-dealkylation sites (N-methyl/N-ethyl adjacent to an activating group) is 1. The molecule has 0 aromatic heterocycles. The Hall–Kier alpha value is -0.410. The topological polar surface area (TPSA) is 49.3 Å². The second-order valence-electron chi connectivity index (χ2n) is 9.48. The summed E-state index contributed by atoms with van der Waals surface area (Å²) in [4.78, 5) is 12.5. The predicted molar refractivity (Wildman–Crippen MR) is 91.0 cm³/mol. The molecule has 130 valence electrons. The summed E-state index contributed by atoms with van der Waals surface area (Å²) >= 11 is 0. The quantitative estimate of drug-likeness (QED) is 0.780. The molecule has 0 saturated heterocycles. The third kappa shape index (κ3) is 2.12. The highest BCUT2D eigenvalue weighted by atomic mass is 16.3. The van der Waals surface area contributed by atoms with E-state index < -0.39 is 0 Å². The highest BCUT2D eigenvalue weighted by molar-refractivity contribution is 5.87. The Balaban J connectivity index is 1.62. The number of carbonyl (C=O) groups excluding carboxylic acids is 1. The molecular formula is C20H33NO2. The van der Waals surface area contributed by atoms with Crippen LogP contribution in [-0.2, 0) is 4.79 Å². The molecular weight excluding hydrogens is 286 g/mol. The van der Waals surface area contributed by atoms with Crippen molar-refractivity contribution < 1.29 is 9.90 Å². The first-order valence-corrected chi connectivity index (χ1v) is 9.79. The molecule has 0 unspecified atom stereocenters. The second kappa shape index (κ2) is 5.29.